The number of carbonyl (C=O) groups excluding carboxylic acids is 1. The van der Waals surface area contributed by atoms with Crippen LogP contribution in [0.4, 0.5) is 5.69 Å². The van der Waals surface area contributed by atoms with Gasteiger partial charge in [-0.1, -0.05) is 41.4 Å². The van der Waals surface area contributed by atoms with Gasteiger partial charge in [0.1, 0.15) is 5.75 Å². The Morgan fingerprint density at radius 1 is 1.00 bits per heavy atom. The summed E-state index contributed by atoms with van der Waals surface area (Å²) in [6.07, 6.45) is -0.921. The first-order valence-electron chi connectivity index (χ1n) is 10.00. The summed E-state index contributed by atoms with van der Waals surface area (Å²) in [5.41, 5.74) is 3.04. The van der Waals surface area contributed by atoms with E-state index in [9.17, 15) is 13.2 Å². The van der Waals surface area contributed by atoms with Gasteiger partial charge in [-0.2, -0.15) is 8.42 Å². The highest BCUT2D eigenvalue weighted by molar-refractivity contribution is 7.86. The number of halogens is 1. The molecule has 0 aromatic heterocycles. The number of ether oxygens (including phenoxy) is 1. The Balaban J connectivity index is 1.76. The number of aryl methyl sites for hydroxylation is 1. The van der Waals surface area contributed by atoms with Crippen molar-refractivity contribution in [2.75, 3.05) is 12.4 Å². The van der Waals surface area contributed by atoms with E-state index in [1.165, 1.54) is 12.1 Å². The zero-order chi connectivity index (χ0) is 22.9. The standard InChI is InChI=1S/C24H22ClNO5S/c1-15-3-10-20(11-4-15)32(28,29)31-23-21(16-5-8-19(30-2)9-6-16)14-17-13-18(25)7-12-22(17)26-24(23)27/h3-13,21,23H,14H2,1-2H3,(H,26,27)/t21-,23-/m1/s1. The van der Waals surface area contributed by atoms with E-state index in [1.807, 2.05) is 6.92 Å². The largest absolute Gasteiger partial charge is 0.497 e. The Kier molecular flexibility index (Phi) is 6.24. The van der Waals surface area contributed by atoms with E-state index >= 15 is 0 Å². The number of nitrogens with one attached hydrogen (secondary N) is 1. The first kappa shape index (κ1) is 22.3. The summed E-state index contributed by atoms with van der Waals surface area (Å²) in [7, 11) is -2.62. The van der Waals surface area contributed by atoms with E-state index in [0.29, 0.717) is 22.9 Å². The first-order valence-corrected chi connectivity index (χ1v) is 11.8. The van der Waals surface area contributed by atoms with Crippen molar-refractivity contribution in [3.8, 4) is 5.75 Å². The Morgan fingerprint density at radius 2 is 1.69 bits per heavy atom. The van der Waals surface area contributed by atoms with Gasteiger partial charge in [-0.05, 0) is 66.9 Å². The molecule has 166 valence electrons. The molecule has 0 fully saturated rings. The molecule has 1 aliphatic rings. The molecule has 0 saturated carbocycles. The van der Waals surface area contributed by atoms with E-state index < -0.39 is 28.0 Å². The highest BCUT2D eigenvalue weighted by Crippen LogP contribution is 2.36. The lowest BCUT2D eigenvalue weighted by Gasteiger charge is -2.24. The van der Waals surface area contributed by atoms with Gasteiger partial charge in [0, 0.05) is 16.6 Å². The average molecular weight is 472 g/mol. The molecule has 0 bridgehead atoms. The predicted octanol–water partition coefficient (Wildman–Crippen LogP) is 4.71. The van der Waals surface area contributed by atoms with Gasteiger partial charge in [0.05, 0.1) is 12.0 Å². The molecule has 6 nitrogen and oxygen atoms in total. The monoisotopic (exact) mass is 471 g/mol. The minimum absolute atomic E-state index is 0.00538. The van der Waals surface area contributed by atoms with Crippen LogP contribution in [0.3, 0.4) is 0 Å². The maximum absolute atomic E-state index is 13.2. The van der Waals surface area contributed by atoms with Crippen molar-refractivity contribution in [1.29, 1.82) is 0 Å². The van der Waals surface area contributed by atoms with Gasteiger partial charge < -0.3 is 10.1 Å². The smallest absolute Gasteiger partial charge is 0.297 e. The summed E-state index contributed by atoms with van der Waals surface area (Å²) < 4.78 is 36.9. The molecule has 0 radical (unpaired) electrons. The molecule has 1 amide bonds. The summed E-state index contributed by atoms with van der Waals surface area (Å²) in [6, 6.07) is 18.6. The molecule has 2 atom stereocenters. The number of fused-ring (bicyclic) bond motifs is 1. The van der Waals surface area contributed by atoms with Crippen LogP contribution in [0.5, 0.6) is 5.75 Å². The summed E-state index contributed by atoms with van der Waals surface area (Å²) in [6.45, 7) is 1.86. The Morgan fingerprint density at radius 3 is 2.34 bits per heavy atom. The fraction of sp³-hybridized carbons (Fsp3) is 0.208. The zero-order valence-electron chi connectivity index (χ0n) is 17.5. The van der Waals surface area contributed by atoms with Crippen molar-refractivity contribution < 1.29 is 22.1 Å². The van der Waals surface area contributed by atoms with Crippen molar-refractivity contribution in [1.82, 2.24) is 0 Å². The van der Waals surface area contributed by atoms with Crippen LogP contribution in [-0.2, 0) is 25.5 Å². The highest BCUT2D eigenvalue weighted by atomic mass is 35.5. The number of benzene rings is 3. The van der Waals surface area contributed by atoms with Crippen LogP contribution in [0.2, 0.25) is 5.02 Å². The zero-order valence-corrected chi connectivity index (χ0v) is 19.1. The third-order valence-electron chi connectivity index (χ3n) is 5.47. The molecule has 0 aliphatic carbocycles. The lowest BCUT2D eigenvalue weighted by Crippen LogP contribution is -2.36. The molecule has 1 heterocycles. The second kappa shape index (κ2) is 8.94. The highest BCUT2D eigenvalue weighted by Gasteiger charge is 2.38. The summed E-state index contributed by atoms with van der Waals surface area (Å²) >= 11 is 6.18. The molecular formula is C24H22ClNO5S. The minimum atomic E-state index is -4.19. The maximum Gasteiger partial charge on any atom is 0.297 e. The van der Waals surface area contributed by atoms with Crippen molar-refractivity contribution in [2.45, 2.75) is 30.3 Å². The topological polar surface area (TPSA) is 81.7 Å². The number of hydrogen-bond acceptors (Lipinski definition) is 5. The van der Waals surface area contributed by atoms with E-state index in [1.54, 1.807) is 61.7 Å². The van der Waals surface area contributed by atoms with Crippen LogP contribution in [0, 0.1) is 6.92 Å². The quantitative estimate of drug-likeness (QED) is 0.545. The fourth-order valence-electron chi connectivity index (χ4n) is 3.74. The third kappa shape index (κ3) is 4.65. The Hall–Kier alpha value is -2.87. The second-order valence-electron chi connectivity index (χ2n) is 7.66. The van der Waals surface area contributed by atoms with E-state index in [-0.39, 0.29) is 4.90 Å². The average Bonchev–Trinajstić information content (AvgIpc) is 2.90. The van der Waals surface area contributed by atoms with Crippen molar-refractivity contribution >= 4 is 33.3 Å². The van der Waals surface area contributed by atoms with E-state index in [4.69, 9.17) is 20.5 Å². The van der Waals surface area contributed by atoms with Crippen molar-refractivity contribution in [3.63, 3.8) is 0 Å². The number of rotatable bonds is 5. The second-order valence-corrected chi connectivity index (χ2v) is 9.67. The van der Waals surface area contributed by atoms with Crippen LogP contribution in [0.15, 0.2) is 71.6 Å². The number of carbonyl (C=O) groups is 1. The van der Waals surface area contributed by atoms with Gasteiger partial charge >= 0.3 is 0 Å². The van der Waals surface area contributed by atoms with E-state index in [2.05, 4.69) is 5.32 Å². The molecule has 8 heteroatoms. The SMILES string of the molecule is COc1ccc([C@H]2Cc3cc(Cl)ccc3NC(=O)[C@@H]2OS(=O)(=O)c2ccc(C)cc2)cc1. The van der Waals surface area contributed by atoms with Crippen molar-refractivity contribution in [2.24, 2.45) is 0 Å². The molecule has 3 aromatic carbocycles. The van der Waals surface area contributed by atoms with Gasteiger partial charge in [-0.25, -0.2) is 0 Å². The molecular weight excluding hydrogens is 450 g/mol. The summed E-state index contributed by atoms with van der Waals surface area (Å²) in [4.78, 5) is 13.2. The Bertz CT molecular complexity index is 1240. The molecule has 4 rings (SSSR count). The molecule has 0 unspecified atom stereocenters. The van der Waals surface area contributed by atoms with Gasteiger partial charge in [0.2, 0.25) is 0 Å². The maximum atomic E-state index is 13.2. The van der Waals surface area contributed by atoms with Crippen molar-refractivity contribution in [3.05, 3.63) is 88.4 Å². The lowest BCUT2D eigenvalue weighted by molar-refractivity contribution is -0.123. The van der Waals surface area contributed by atoms with Gasteiger partial charge in [-0.3, -0.25) is 8.98 Å². The normalized spacial score (nSPS) is 18.4. The number of amides is 1. The van der Waals surface area contributed by atoms with Gasteiger partial charge in [0.25, 0.3) is 16.0 Å². The van der Waals surface area contributed by atoms with Crippen LogP contribution < -0.4 is 10.1 Å². The first-order chi connectivity index (χ1) is 15.3. The van der Waals surface area contributed by atoms with E-state index in [0.717, 1.165) is 16.7 Å². The van der Waals surface area contributed by atoms with Crippen LogP contribution in [0.1, 0.15) is 22.6 Å². The van der Waals surface area contributed by atoms with Gasteiger partial charge in [0.15, 0.2) is 6.10 Å². The molecule has 0 saturated heterocycles. The summed E-state index contributed by atoms with van der Waals surface area (Å²) in [5, 5.41) is 3.32. The summed E-state index contributed by atoms with van der Waals surface area (Å²) in [5.74, 6) is -0.455. The number of hydrogen-bond donors (Lipinski definition) is 1. The lowest BCUT2D eigenvalue weighted by atomic mass is 9.88. The molecule has 1 N–H and O–H groups in total. The molecule has 3 aromatic rings. The molecule has 1 aliphatic heterocycles. The minimum Gasteiger partial charge on any atom is -0.497 e. The van der Waals surface area contributed by atoms with Gasteiger partial charge in [-0.15, -0.1) is 0 Å². The van der Waals surface area contributed by atoms with Crippen LogP contribution >= 0.6 is 11.6 Å². The number of anilines is 1. The fourth-order valence-corrected chi connectivity index (χ4v) is 5.00. The van der Waals surface area contributed by atoms with Crippen LogP contribution in [-0.4, -0.2) is 27.5 Å². The van der Waals surface area contributed by atoms with Crippen LogP contribution in [0.25, 0.3) is 0 Å². The third-order valence-corrected chi connectivity index (χ3v) is 7.02. The predicted molar refractivity (Wildman–Crippen MR) is 123 cm³/mol. The molecule has 0 spiro atoms. The number of methoxy groups -OCH3 is 1. The Labute approximate surface area is 192 Å². The molecule has 32 heavy (non-hydrogen) atoms.